The minimum absolute atomic E-state index is 0.0480. The fourth-order valence-electron chi connectivity index (χ4n) is 3.22. The second-order valence-electron chi connectivity index (χ2n) is 5.63. The van der Waals surface area contributed by atoms with Crippen molar-refractivity contribution in [1.82, 2.24) is 10.6 Å². The average molecular weight is 270 g/mol. The van der Waals surface area contributed by atoms with Crippen LogP contribution in [-0.4, -0.2) is 36.0 Å². The Morgan fingerprint density at radius 1 is 1.39 bits per heavy atom. The van der Waals surface area contributed by atoms with E-state index in [4.69, 9.17) is 0 Å². The van der Waals surface area contributed by atoms with Gasteiger partial charge >= 0.3 is 0 Å². The van der Waals surface area contributed by atoms with Crippen LogP contribution in [0.3, 0.4) is 0 Å². The minimum atomic E-state index is 0.0480. The van der Waals surface area contributed by atoms with Crippen molar-refractivity contribution in [1.29, 1.82) is 0 Å². The zero-order valence-electron chi connectivity index (χ0n) is 11.6. The highest BCUT2D eigenvalue weighted by molar-refractivity contribution is 7.99. The van der Waals surface area contributed by atoms with Crippen molar-refractivity contribution < 1.29 is 4.79 Å². The first kappa shape index (κ1) is 14.2. The molecule has 2 rings (SSSR count). The summed E-state index contributed by atoms with van der Waals surface area (Å²) < 4.78 is 0. The number of piperidine rings is 1. The van der Waals surface area contributed by atoms with Gasteiger partial charge < -0.3 is 10.6 Å². The highest BCUT2D eigenvalue weighted by Gasteiger charge is 2.31. The summed E-state index contributed by atoms with van der Waals surface area (Å²) in [5.41, 5.74) is 0. The van der Waals surface area contributed by atoms with E-state index in [0.29, 0.717) is 11.3 Å². The molecule has 4 atom stereocenters. The molecule has 2 N–H and O–H groups in total. The molecule has 104 valence electrons. The predicted molar refractivity (Wildman–Crippen MR) is 77.9 cm³/mol. The first-order valence-electron chi connectivity index (χ1n) is 7.31. The summed E-state index contributed by atoms with van der Waals surface area (Å²) in [5.74, 6) is 0.959. The van der Waals surface area contributed by atoms with Gasteiger partial charge in [-0.15, -0.1) is 0 Å². The van der Waals surface area contributed by atoms with Crippen LogP contribution in [0.5, 0.6) is 0 Å². The SMILES string of the molecule is CCC1CCNC(C(=O)NC2CCCC2SC)C1. The summed E-state index contributed by atoms with van der Waals surface area (Å²) in [5, 5.41) is 7.27. The maximum atomic E-state index is 12.3. The second kappa shape index (κ2) is 6.80. The number of carbonyl (C=O) groups excluding carboxylic acids is 1. The summed E-state index contributed by atoms with van der Waals surface area (Å²) in [6.07, 6.45) is 9.24. The van der Waals surface area contributed by atoms with E-state index < -0.39 is 0 Å². The van der Waals surface area contributed by atoms with Crippen molar-refractivity contribution in [3.8, 4) is 0 Å². The zero-order valence-corrected chi connectivity index (χ0v) is 12.4. The number of carbonyl (C=O) groups is 1. The van der Waals surface area contributed by atoms with Crippen LogP contribution in [0.25, 0.3) is 0 Å². The van der Waals surface area contributed by atoms with Gasteiger partial charge in [0.25, 0.3) is 0 Å². The quantitative estimate of drug-likeness (QED) is 0.822. The molecule has 4 unspecified atom stereocenters. The Morgan fingerprint density at radius 3 is 2.94 bits per heavy atom. The smallest absolute Gasteiger partial charge is 0.237 e. The standard InChI is InChI=1S/C14H26N2OS/c1-3-10-7-8-15-12(9-10)14(17)16-11-5-4-6-13(11)18-2/h10-13,15H,3-9H2,1-2H3,(H,16,17). The molecule has 0 aromatic carbocycles. The van der Waals surface area contributed by atoms with Crippen molar-refractivity contribution in [3.63, 3.8) is 0 Å². The van der Waals surface area contributed by atoms with Gasteiger partial charge in [0, 0.05) is 11.3 Å². The van der Waals surface area contributed by atoms with E-state index in [1.54, 1.807) is 0 Å². The molecule has 0 spiro atoms. The highest BCUT2D eigenvalue weighted by atomic mass is 32.2. The molecule has 1 aliphatic carbocycles. The Morgan fingerprint density at radius 2 is 2.22 bits per heavy atom. The maximum Gasteiger partial charge on any atom is 0.237 e. The monoisotopic (exact) mass is 270 g/mol. The molecule has 4 heteroatoms. The van der Waals surface area contributed by atoms with E-state index in [1.165, 1.54) is 25.7 Å². The van der Waals surface area contributed by atoms with Crippen molar-refractivity contribution in [2.75, 3.05) is 12.8 Å². The van der Waals surface area contributed by atoms with E-state index in [1.807, 2.05) is 11.8 Å². The van der Waals surface area contributed by atoms with E-state index in [-0.39, 0.29) is 11.9 Å². The molecule has 0 aromatic rings. The van der Waals surface area contributed by atoms with E-state index in [0.717, 1.165) is 25.3 Å². The largest absolute Gasteiger partial charge is 0.351 e. The number of rotatable bonds is 4. The lowest BCUT2D eigenvalue weighted by atomic mass is 9.90. The molecule has 3 nitrogen and oxygen atoms in total. The van der Waals surface area contributed by atoms with Gasteiger partial charge in [-0.25, -0.2) is 0 Å². The summed E-state index contributed by atoms with van der Waals surface area (Å²) in [4.78, 5) is 12.3. The number of hydrogen-bond donors (Lipinski definition) is 2. The Kier molecular flexibility index (Phi) is 5.37. The summed E-state index contributed by atoms with van der Waals surface area (Å²) in [6, 6.07) is 0.447. The van der Waals surface area contributed by atoms with Crippen LogP contribution in [-0.2, 0) is 4.79 Å². The molecule has 0 aromatic heterocycles. The van der Waals surface area contributed by atoms with Crippen LogP contribution >= 0.6 is 11.8 Å². The molecular weight excluding hydrogens is 244 g/mol. The summed E-state index contributed by atoms with van der Waals surface area (Å²) in [7, 11) is 0. The molecular formula is C14H26N2OS. The Hall–Kier alpha value is -0.220. The lowest BCUT2D eigenvalue weighted by Crippen LogP contribution is -2.52. The van der Waals surface area contributed by atoms with Gasteiger partial charge in [-0.3, -0.25) is 4.79 Å². The zero-order chi connectivity index (χ0) is 13.0. The van der Waals surface area contributed by atoms with Crippen LogP contribution in [0.4, 0.5) is 0 Å². The number of hydrogen-bond acceptors (Lipinski definition) is 3. The van der Waals surface area contributed by atoms with Crippen molar-refractivity contribution in [2.24, 2.45) is 5.92 Å². The van der Waals surface area contributed by atoms with E-state index in [9.17, 15) is 4.79 Å². The van der Waals surface area contributed by atoms with Crippen LogP contribution in [0.2, 0.25) is 0 Å². The van der Waals surface area contributed by atoms with Gasteiger partial charge in [0.05, 0.1) is 6.04 Å². The third kappa shape index (κ3) is 3.41. The molecule has 1 aliphatic heterocycles. The predicted octanol–water partition coefficient (Wildman–Crippen LogP) is 2.16. The summed E-state index contributed by atoms with van der Waals surface area (Å²) >= 11 is 1.90. The van der Waals surface area contributed by atoms with E-state index >= 15 is 0 Å². The van der Waals surface area contributed by atoms with Gasteiger partial charge in [0.2, 0.25) is 5.91 Å². The lowest BCUT2D eigenvalue weighted by molar-refractivity contribution is -0.124. The Bertz CT molecular complexity index is 285. The molecule has 1 saturated carbocycles. The first-order chi connectivity index (χ1) is 8.74. The van der Waals surface area contributed by atoms with Gasteiger partial charge in [-0.2, -0.15) is 11.8 Å². The molecule has 2 aliphatic rings. The van der Waals surface area contributed by atoms with Crippen LogP contribution in [0, 0.1) is 5.92 Å². The maximum absolute atomic E-state index is 12.3. The fraction of sp³-hybridized carbons (Fsp3) is 0.929. The normalized spacial score (nSPS) is 36.6. The van der Waals surface area contributed by atoms with Crippen LogP contribution in [0.1, 0.15) is 45.4 Å². The second-order valence-corrected chi connectivity index (χ2v) is 6.70. The number of thioether (sulfide) groups is 1. The molecule has 0 radical (unpaired) electrons. The Balaban J connectivity index is 1.83. The van der Waals surface area contributed by atoms with Crippen LogP contribution in [0.15, 0.2) is 0 Å². The van der Waals surface area contributed by atoms with Gasteiger partial charge in [0.1, 0.15) is 0 Å². The van der Waals surface area contributed by atoms with E-state index in [2.05, 4.69) is 23.8 Å². The number of amides is 1. The molecule has 18 heavy (non-hydrogen) atoms. The van der Waals surface area contributed by atoms with Gasteiger partial charge in [-0.05, 0) is 44.4 Å². The molecule has 1 heterocycles. The van der Waals surface area contributed by atoms with Crippen molar-refractivity contribution in [3.05, 3.63) is 0 Å². The number of nitrogens with one attached hydrogen (secondary N) is 2. The van der Waals surface area contributed by atoms with Gasteiger partial charge in [-0.1, -0.05) is 19.8 Å². The highest BCUT2D eigenvalue weighted by Crippen LogP contribution is 2.28. The van der Waals surface area contributed by atoms with Crippen LogP contribution < -0.4 is 10.6 Å². The summed E-state index contributed by atoms with van der Waals surface area (Å²) in [6.45, 7) is 3.22. The molecule has 2 fully saturated rings. The lowest BCUT2D eigenvalue weighted by Gasteiger charge is -2.30. The molecule has 1 saturated heterocycles. The van der Waals surface area contributed by atoms with Gasteiger partial charge in [0.15, 0.2) is 0 Å². The first-order valence-corrected chi connectivity index (χ1v) is 8.60. The van der Waals surface area contributed by atoms with Crippen molar-refractivity contribution in [2.45, 2.75) is 62.8 Å². The van der Waals surface area contributed by atoms with Crippen molar-refractivity contribution >= 4 is 17.7 Å². The molecule has 0 bridgehead atoms. The fourth-order valence-corrected chi connectivity index (χ4v) is 4.16. The Labute approximate surface area is 115 Å². The third-order valence-electron chi connectivity index (χ3n) is 4.49. The third-order valence-corrected chi connectivity index (χ3v) is 5.66. The average Bonchev–Trinajstić information content (AvgIpc) is 2.86. The molecule has 1 amide bonds. The minimum Gasteiger partial charge on any atom is -0.351 e. The topological polar surface area (TPSA) is 41.1 Å².